The topological polar surface area (TPSA) is 30.5 Å². The number of hydrogen-bond donors (Lipinski definition) is 1. The first kappa shape index (κ1) is 16.0. The Balaban J connectivity index is 2.14. The minimum absolute atomic E-state index is 0.714. The van der Waals surface area contributed by atoms with Crippen LogP contribution in [-0.2, 0) is 6.54 Å². The van der Waals surface area contributed by atoms with Gasteiger partial charge in [0.2, 0.25) is 0 Å². The molecule has 0 atom stereocenters. The second kappa shape index (κ2) is 7.61. The van der Waals surface area contributed by atoms with Gasteiger partial charge >= 0.3 is 0 Å². The molecule has 2 rings (SSSR count). The van der Waals surface area contributed by atoms with E-state index in [0.29, 0.717) is 5.75 Å². The van der Waals surface area contributed by atoms with Gasteiger partial charge in [-0.2, -0.15) is 0 Å². The quantitative estimate of drug-likeness (QED) is 0.742. The number of methoxy groups -OCH3 is 2. The number of nitrogens with one attached hydrogen (secondary N) is 1. The van der Waals surface area contributed by atoms with Crippen molar-refractivity contribution in [3.8, 4) is 11.5 Å². The molecule has 0 saturated heterocycles. The fourth-order valence-corrected chi connectivity index (χ4v) is 3.12. The van der Waals surface area contributed by atoms with Gasteiger partial charge in [0.05, 0.1) is 18.7 Å². The van der Waals surface area contributed by atoms with Crippen LogP contribution in [0, 0.1) is 0 Å². The van der Waals surface area contributed by atoms with Crippen LogP contribution in [0.4, 0.5) is 5.69 Å². The molecule has 0 heterocycles. The minimum Gasteiger partial charge on any atom is -0.493 e. The van der Waals surface area contributed by atoms with E-state index in [9.17, 15) is 0 Å². The largest absolute Gasteiger partial charge is 0.493 e. The van der Waals surface area contributed by atoms with E-state index in [4.69, 9.17) is 9.47 Å². The van der Waals surface area contributed by atoms with Gasteiger partial charge in [0.15, 0.2) is 11.5 Å². The molecule has 0 saturated carbocycles. The fourth-order valence-electron chi connectivity index (χ4n) is 2.01. The third kappa shape index (κ3) is 4.08. The zero-order chi connectivity index (χ0) is 15.2. The molecule has 0 aliphatic heterocycles. The summed E-state index contributed by atoms with van der Waals surface area (Å²) in [4.78, 5) is 1.24. The molecule has 0 fully saturated rings. The van der Waals surface area contributed by atoms with Crippen molar-refractivity contribution in [3.63, 3.8) is 0 Å². The van der Waals surface area contributed by atoms with Crippen molar-refractivity contribution >= 4 is 33.4 Å². The Morgan fingerprint density at radius 3 is 2.62 bits per heavy atom. The predicted octanol–water partition coefficient (Wildman–Crippen LogP) is 4.80. The number of anilines is 1. The lowest BCUT2D eigenvalue weighted by atomic mass is 10.2. The van der Waals surface area contributed by atoms with Crippen LogP contribution in [0.15, 0.2) is 45.8 Å². The highest BCUT2D eigenvalue weighted by Gasteiger charge is 2.10. The molecule has 0 aliphatic rings. The standard InChI is InChI=1S/C16H18BrNO2S/c1-19-15-8-11(7-14(17)16(15)20-2)10-18-12-5-4-6-13(9-12)21-3/h4-9,18H,10H2,1-3H3. The maximum absolute atomic E-state index is 5.36. The van der Waals surface area contributed by atoms with E-state index < -0.39 is 0 Å². The summed E-state index contributed by atoms with van der Waals surface area (Å²) in [5, 5.41) is 3.42. The highest BCUT2D eigenvalue weighted by molar-refractivity contribution is 9.10. The average molecular weight is 368 g/mol. The molecule has 2 aromatic carbocycles. The van der Waals surface area contributed by atoms with Crippen LogP contribution < -0.4 is 14.8 Å². The molecular formula is C16H18BrNO2S. The molecule has 3 nitrogen and oxygen atoms in total. The van der Waals surface area contributed by atoms with Crippen LogP contribution in [0.2, 0.25) is 0 Å². The zero-order valence-electron chi connectivity index (χ0n) is 12.3. The van der Waals surface area contributed by atoms with E-state index >= 15 is 0 Å². The molecular weight excluding hydrogens is 350 g/mol. The number of rotatable bonds is 6. The van der Waals surface area contributed by atoms with Gasteiger partial charge in [-0.3, -0.25) is 0 Å². The normalized spacial score (nSPS) is 10.3. The Kier molecular flexibility index (Phi) is 5.82. The molecule has 0 amide bonds. The van der Waals surface area contributed by atoms with E-state index in [-0.39, 0.29) is 0 Å². The van der Waals surface area contributed by atoms with Crippen LogP contribution >= 0.6 is 27.7 Å². The van der Waals surface area contributed by atoms with Gasteiger partial charge in [-0.25, -0.2) is 0 Å². The van der Waals surface area contributed by atoms with Crippen LogP contribution in [0.25, 0.3) is 0 Å². The monoisotopic (exact) mass is 367 g/mol. The van der Waals surface area contributed by atoms with Gasteiger partial charge in [-0.15, -0.1) is 11.8 Å². The van der Waals surface area contributed by atoms with Gasteiger partial charge in [-0.1, -0.05) is 6.07 Å². The molecule has 0 unspecified atom stereocenters. The lowest BCUT2D eigenvalue weighted by molar-refractivity contribution is 0.352. The number of ether oxygens (including phenoxy) is 2. The summed E-state index contributed by atoms with van der Waals surface area (Å²) in [7, 11) is 3.28. The highest BCUT2D eigenvalue weighted by Crippen LogP contribution is 2.36. The second-order valence-electron chi connectivity index (χ2n) is 4.40. The van der Waals surface area contributed by atoms with Crippen LogP contribution in [-0.4, -0.2) is 20.5 Å². The Hall–Kier alpha value is -1.33. The van der Waals surface area contributed by atoms with Gasteiger partial charge in [0, 0.05) is 17.1 Å². The fraction of sp³-hybridized carbons (Fsp3) is 0.250. The molecule has 112 valence electrons. The number of halogens is 1. The van der Waals surface area contributed by atoms with E-state index in [0.717, 1.165) is 28.0 Å². The third-order valence-corrected chi connectivity index (χ3v) is 4.37. The van der Waals surface area contributed by atoms with E-state index in [1.807, 2.05) is 12.1 Å². The summed E-state index contributed by atoms with van der Waals surface area (Å²) in [6, 6.07) is 12.4. The van der Waals surface area contributed by atoms with Crippen LogP contribution in [0.3, 0.4) is 0 Å². The lowest BCUT2D eigenvalue weighted by Gasteiger charge is -2.13. The summed E-state index contributed by atoms with van der Waals surface area (Å²) in [5.74, 6) is 1.44. The van der Waals surface area contributed by atoms with E-state index in [1.54, 1.807) is 26.0 Å². The number of thioether (sulfide) groups is 1. The molecule has 21 heavy (non-hydrogen) atoms. The predicted molar refractivity (Wildman–Crippen MR) is 92.8 cm³/mol. The van der Waals surface area contributed by atoms with Crippen molar-refractivity contribution in [1.82, 2.24) is 0 Å². The first-order chi connectivity index (χ1) is 10.2. The van der Waals surface area contributed by atoms with Gasteiger partial charge in [0.25, 0.3) is 0 Å². The summed E-state index contributed by atoms with van der Waals surface area (Å²) in [6.07, 6.45) is 2.07. The maximum Gasteiger partial charge on any atom is 0.174 e. The summed E-state index contributed by atoms with van der Waals surface area (Å²) in [5.41, 5.74) is 2.22. The van der Waals surface area contributed by atoms with Gasteiger partial charge < -0.3 is 14.8 Å². The summed E-state index contributed by atoms with van der Waals surface area (Å²) in [6.45, 7) is 0.719. The van der Waals surface area contributed by atoms with Crippen molar-refractivity contribution in [3.05, 3.63) is 46.4 Å². The Labute approximate surface area is 138 Å². The molecule has 1 N–H and O–H groups in total. The molecule has 0 aliphatic carbocycles. The number of hydrogen-bond acceptors (Lipinski definition) is 4. The van der Waals surface area contributed by atoms with Crippen LogP contribution in [0.5, 0.6) is 11.5 Å². The average Bonchev–Trinajstić information content (AvgIpc) is 2.52. The zero-order valence-corrected chi connectivity index (χ0v) is 14.7. The Morgan fingerprint density at radius 2 is 1.95 bits per heavy atom. The first-order valence-corrected chi connectivity index (χ1v) is 8.48. The van der Waals surface area contributed by atoms with Gasteiger partial charge in [-0.05, 0) is 58.1 Å². The SMILES string of the molecule is COc1cc(CNc2cccc(SC)c2)cc(Br)c1OC. The third-order valence-electron chi connectivity index (χ3n) is 3.06. The van der Waals surface area contributed by atoms with Crippen molar-refractivity contribution in [2.45, 2.75) is 11.4 Å². The van der Waals surface area contributed by atoms with Gasteiger partial charge in [0.1, 0.15) is 0 Å². The van der Waals surface area contributed by atoms with Crippen molar-refractivity contribution < 1.29 is 9.47 Å². The summed E-state index contributed by atoms with van der Waals surface area (Å²) >= 11 is 5.25. The Bertz CT molecular complexity index is 619. The smallest absolute Gasteiger partial charge is 0.174 e. The molecule has 5 heteroatoms. The first-order valence-electron chi connectivity index (χ1n) is 6.46. The maximum atomic E-state index is 5.36. The lowest BCUT2D eigenvalue weighted by Crippen LogP contribution is -2.01. The van der Waals surface area contributed by atoms with Crippen molar-refractivity contribution in [2.75, 3.05) is 25.8 Å². The minimum atomic E-state index is 0.714. The van der Waals surface area contributed by atoms with Crippen molar-refractivity contribution in [2.24, 2.45) is 0 Å². The molecule has 2 aromatic rings. The Morgan fingerprint density at radius 1 is 1.14 bits per heavy atom. The highest BCUT2D eigenvalue weighted by atomic mass is 79.9. The van der Waals surface area contributed by atoms with Crippen LogP contribution in [0.1, 0.15) is 5.56 Å². The summed E-state index contributed by atoms with van der Waals surface area (Å²) < 4.78 is 11.6. The molecule has 0 radical (unpaired) electrons. The van der Waals surface area contributed by atoms with Crippen molar-refractivity contribution in [1.29, 1.82) is 0 Å². The second-order valence-corrected chi connectivity index (χ2v) is 6.13. The molecule has 0 aromatic heterocycles. The van der Waals surface area contributed by atoms with E-state index in [1.165, 1.54) is 4.90 Å². The van der Waals surface area contributed by atoms with E-state index in [2.05, 4.69) is 51.8 Å². The molecule has 0 bridgehead atoms. The number of benzene rings is 2. The molecule has 0 spiro atoms.